The number of H-pyrrole nitrogens is 2. The van der Waals surface area contributed by atoms with Gasteiger partial charge in [0.15, 0.2) is 5.15 Å². The fourth-order valence-corrected chi connectivity index (χ4v) is 5.10. The molecule has 38 heavy (non-hydrogen) atoms. The summed E-state index contributed by atoms with van der Waals surface area (Å²) >= 11 is 6.59. The highest BCUT2D eigenvalue weighted by molar-refractivity contribution is 6.30. The smallest absolute Gasteiger partial charge is 0.323 e. The molecule has 0 spiro atoms. The van der Waals surface area contributed by atoms with Gasteiger partial charge in [-0.05, 0) is 53.8 Å². The predicted octanol–water partition coefficient (Wildman–Crippen LogP) is 5.22. The number of imidazole rings is 1. The van der Waals surface area contributed by atoms with Crippen molar-refractivity contribution in [3.8, 4) is 22.5 Å². The number of halogens is 1. The van der Waals surface area contributed by atoms with Crippen LogP contribution in [0.25, 0.3) is 22.5 Å². The SMILES string of the molecule is CCCCc1nc(Cl)c([C@@H](Cc2ccc(-c3ccccc3)c(-c3nn[nH]n3)c2)OC(=O)[C@H]2CCCCN2)[nH]1. The van der Waals surface area contributed by atoms with Gasteiger partial charge in [-0.25, -0.2) is 4.98 Å². The molecule has 1 aliphatic rings. The number of tetrazole rings is 1. The van der Waals surface area contributed by atoms with Gasteiger partial charge in [0.2, 0.25) is 5.82 Å². The van der Waals surface area contributed by atoms with Crippen molar-refractivity contribution in [1.29, 1.82) is 0 Å². The average Bonchev–Trinajstić information content (AvgIpc) is 3.62. The van der Waals surface area contributed by atoms with Crippen molar-refractivity contribution in [1.82, 2.24) is 35.9 Å². The van der Waals surface area contributed by atoms with Crippen molar-refractivity contribution in [3.63, 3.8) is 0 Å². The van der Waals surface area contributed by atoms with E-state index in [0.717, 1.165) is 73.1 Å². The van der Waals surface area contributed by atoms with Gasteiger partial charge in [0.25, 0.3) is 0 Å². The van der Waals surface area contributed by atoms with Crippen LogP contribution in [0.5, 0.6) is 0 Å². The van der Waals surface area contributed by atoms with Gasteiger partial charge in [-0.1, -0.05) is 73.8 Å². The molecule has 0 aliphatic carbocycles. The normalized spacial score (nSPS) is 16.3. The summed E-state index contributed by atoms with van der Waals surface area (Å²) in [7, 11) is 0. The monoisotopic (exact) mass is 533 g/mol. The zero-order valence-corrected chi connectivity index (χ0v) is 22.2. The molecule has 2 atom stereocenters. The van der Waals surface area contributed by atoms with Crippen molar-refractivity contribution in [2.45, 2.75) is 64.0 Å². The van der Waals surface area contributed by atoms with Gasteiger partial charge in [-0.2, -0.15) is 5.21 Å². The third-order valence-corrected chi connectivity index (χ3v) is 7.14. The topological polar surface area (TPSA) is 121 Å². The standard InChI is InChI=1S/C28H32ClN7O2/c1-2-3-12-24-31-25(26(29)32-24)23(38-28(37)22-11-7-8-15-30-22)17-18-13-14-20(19-9-5-4-6-10-19)21(16-18)27-33-35-36-34-27/h4-6,9-10,13-14,16,22-23,30H,2-3,7-8,11-12,15,17H2,1H3,(H,31,32)(H,33,34,35,36)/t22-,23-/m1/s1. The molecule has 10 heteroatoms. The molecule has 4 aromatic rings. The summed E-state index contributed by atoms with van der Waals surface area (Å²) < 4.78 is 6.12. The highest BCUT2D eigenvalue weighted by atomic mass is 35.5. The van der Waals surface area contributed by atoms with E-state index < -0.39 is 6.10 Å². The molecule has 0 bridgehead atoms. The number of rotatable bonds is 10. The Bertz CT molecular complexity index is 1330. The van der Waals surface area contributed by atoms with Gasteiger partial charge in [0.05, 0.1) is 5.69 Å². The van der Waals surface area contributed by atoms with E-state index in [1.807, 2.05) is 48.5 Å². The largest absolute Gasteiger partial charge is 0.454 e. The average molecular weight is 534 g/mol. The van der Waals surface area contributed by atoms with E-state index in [4.69, 9.17) is 16.3 Å². The van der Waals surface area contributed by atoms with E-state index in [0.29, 0.717) is 23.1 Å². The minimum absolute atomic E-state index is 0.269. The second kappa shape index (κ2) is 12.3. The highest BCUT2D eigenvalue weighted by Gasteiger charge is 2.29. The maximum absolute atomic E-state index is 13.2. The second-order valence-corrected chi connectivity index (χ2v) is 9.96. The molecular formula is C28H32ClN7O2. The van der Waals surface area contributed by atoms with Crippen molar-refractivity contribution in [2.24, 2.45) is 0 Å². The van der Waals surface area contributed by atoms with E-state index >= 15 is 0 Å². The van der Waals surface area contributed by atoms with Gasteiger partial charge in [-0.15, -0.1) is 10.2 Å². The number of benzene rings is 2. The molecule has 1 aliphatic heterocycles. The van der Waals surface area contributed by atoms with Gasteiger partial charge in [0, 0.05) is 18.4 Å². The van der Waals surface area contributed by atoms with E-state index in [2.05, 4.69) is 42.8 Å². The van der Waals surface area contributed by atoms with Gasteiger partial charge >= 0.3 is 5.97 Å². The third kappa shape index (κ3) is 6.11. The van der Waals surface area contributed by atoms with Crippen LogP contribution in [0.3, 0.4) is 0 Å². The Morgan fingerprint density at radius 3 is 2.76 bits per heavy atom. The quantitative estimate of drug-likeness (QED) is 0.239. The Morgan fingerprint density at radius 1 is 1.16 bits per heavy atom. The van der Waals surface area contributed by atoms with Crippen LogP contribution in [-0.4, -0.2) is 49.1 Å². The summed E-state index contributed by atoms with van der Waals surface area (Å²) in [5.41, 5.74) is 4.43. The number of unbranched alkanes of at least 4 members (excludes halogenated alkanes) is 1. The summed E-state index contributed by atoms with van der Waals surface area (Å²) in [5, 5.41) is 18.4. The number of hydrogen-bond donors (Lipinski definition) is 3. The number of carbonyl (C=O) groups excluding carboxylic acids is 1. The zero-order chi connectivity index (χ0) is 26.3. The molecule has 5 rings (SSSR count). The van der Waals surface area contributed by atoms with Crippen LogP contribution in [0.2, 0.25) is 5.15 Å². The lowest BCUT2D eigenvalue weighted by Crippen LogP contribution is -2.42. The van der Waals surface area contributed by atoms with E-state index in [9.17, 15) is 4.79 Å². The molecular weight excluding hydrogens is 502 g/mol. The molecule has 0 radical (unpaired) electrons. The number of carbonyl (C=O) groups is 1. The Balaban J connectivity index is 1.48. The molecule has 198 valence electrons. The van der Waals surface area contributed by atoms with Crippen LogP contribution < -0.4 is 5.32 Å². The molecule has 2 aromatic heterocycles. The van der Waals surface area contributed by atoms with E-state index in [1.54, 1.807) is 0 Å². The molecule has 0 unspecified atom stereocenters. The van der Waals surface area contributed by atoms with Crippen molar-refractivity contribution < 1.29 is 9.53 Å². The number of hydrogen-bond acceptors (Lipinski definition) is 7. The summed E-state index contributed by atoms with van der Waals surface area (Å²) in [6.45, 7) is 2.94. The number of aromatic amines is 2. The Hall–Kier alpha value is -3.56. The van der Waals surface area contributed by atoms with Crippen molar-refractivity contribution in [2.75, 3.05) is 6.54 Å². The van der Waals surface area contributed by atoms with Crippen LogP contribution >= 0.6 is 11.6 Å². The first-order valence-corrected chi connectivity index (χ1v) is 13.6. The molecule has 1 fully saturated rings. The number of aryl methyl sites for hydroxylation is 1. The van der Waals surface area contributed by atoms with Gasteiger partial charge in [0.1, 0.15) is 18.0 Å². The minimum Gasteiger partial charge on any atom is -0.454 e. The number of nitrogens with zero attached hydrogens (tertiary/aromatic N) is 4. The molecule has 9 nitrogen and oxygen atoms in total. The predicted molar refractivity (Wildman–Crippen MR) is 145 cm³/mol. The number of ether oxygens (including phenoxy) is 1. The van der Waals surface area contributed by atoms with Crippen LogP contribution in [0.15, 0.2) is 48.5 Å². The summed E-state index contributed by atoms with van der Waals surface area (Å²) in [6.07, 6.45) is 5.44. The van der Waals surface area contributed by atoms with Crippen molar-refractivity contribution in [3.05, 3.63) is 70.8 Å². The summed E-state index contributed by atoms with van der Waals surface area (Å²) in [4.78, 5) is 21.0. The number of aromatic nitrogens is 6. The maximum atomic E-state index is 13.2. The van der Waals surface area contributed by atoms with E-state index in [-0.39, 0.29) is 12.0 Å². The third-order valence-electron chi connectivity index (χ3n) is 6.85. The summed E-state index contributed by atoms with van der Waals surface area (Å²) in [5.74, 6) is 1.03. The Morgan fingerprint density at radius 2 is 2.03 bits per heavy atom. The number of piperidine rings is 1. The molecule has 0 saturated carbocycles. The highest BCUT2D eigenvalue weighted by Crippen LogP contribution is 2.34. The minimum atomic E-state index is -0.623. The summed E-state index contributed by atoms with van der Waals surface area (Å²) in [6, 6.07) is 15.8. The lowest BCUT2D eigenvalue weighted by molar-refractivity contribution is -0.152. The van der Waals surface area contributed by atoms with Crippen molar-refractivity contribution >= 4 is 17.6 Å². The molecule has 3 N–H and O–H groups in total. The fourth-order valence-electron chi connectivity index (χ4n) is 4.83. The number of esters is 1. The zero-order valence-electron chi connectivity index (χ0n) is 21.4. The molecule has 2 aromatic carbocycles. The van der Waals surface area contributed by atoms with Crippen LogP contribution in [0, 0.1) is 0 Å². The van der Waals surface area contributed by atoms with Crippen LogP contribution in [0.1, 0.15) is 62.2 Å². The molecule has 1 saturated heterocycles. The van der Waals surface area contributed by atoms with E-state index in [1.165, 1.54) is 0 Å². The Labute approximate surface area is 226 Å². The van der Waals surface area contributed by atoms with Crippen LogP contribution in [-0.2, 0) is 22.4 Å². The Kier molecular flexibility index (Phi) is 8.45. The first kappa shape index (κ1) is 26.1. The first-order valence-electron chi connectivity index (χ1n) is 13.2. The fraction of sp³-hybridized carbons (Fsp3) is 0.393. The second-order valence-electron chi connectivity index (χ2n) is 9.61. The van der Waals surface area contributed by atoms with Gasteiger partial charge in [-0.3, -0.25) is 4.79 Å². The number of nitrogens with one attached hydrogen (secondary N) is 3. The molecule has 0 amide bonds. The van der Waals surface area contributed by atoms with Crippen LogP contribution in [0.4, 0.5) is 0 Å². The molecule has 3 heterocycles. The maximum Gasteiger partial charge on any atom is 0.323 e. The lowest BCUT2D eigenvalue weighted by atomic mass is 9.95. The van der Waals surface area contributed by atoms with Gasteiger partial charge < -0.3 is 15.0 Å². The lowest BCUT2D eigenvalue weighted by Gasteiger charge is -2.25. The first-order chi connectivity index (χ1) is 18.6.